The normalized spacial score (nSPS) is 11.0. The first-order valence-corrected chi connectivity index (χ1v) is 11.4. The van der Waals surface area contributed by atoms with Gasteiger partial charge in [0.1, 0.15) is 27.4 Å². The predicted molar refractivity (Wildman–Crippen MR) is 134 cm³/mol. The van der Waals surface area contributed by atoms with E-state index in [-0.39, 0.29) is 21.6 Å². The van der Waals surface area contributed by atoms with E-state index in [9.17, 15) is 19.8 Å². The molecule has 3 aromatic carbocycles. The van der Waals surface area contributed by atoms with Crippen LogP contribution in [-0.4, -0.2) is 21.9 Å². The average Bonchev–Trinajstić information content (AvgIpc) is 2.87. The summed E-state index contributed by atoms with van der Waals surface area (Å²) in [6.45, 7) is 0. The summed E-state index contributed by atoms with van der Waals surface area (Å²) < 4.78 is 12.2. The van der Waals surface area contributed by atoms with Crippen LogP contribution in [-0.2, 0) is 0 Å². The van der Waals surface area contributed by atoms with E-state index in [0.29, 0.717) is 22.0 Å². The van der Waals surface area contributed by atoms with Gasteiger partial charge in [-0.2, -0.15) is 0 Å². The van der Waals surface area contributed by atoms with Crippen LogP contribution >= 0.6 is 11.8 Å². The molecular formula is C27H19NO6S. The molecule has 5 aromatic rings. The lowest BCUT2D eigenvalue weighted by atomic mass is 10.1. The van der Waals surface area contributed by atoms with Crippen LogP contribution in [0.25, 0.3) is 27.9 Å². The van der Waals surface area contributed by atoms with E-state index in [1.54, 1.807) is 49.6 Å². The molecule has 0 atom stereocenters. The molecule has 0 amide bonds. The van der Waals surface area contributed by atoms with Crippen molar-refractivity contribution in [1.82, 2.24) is 4.57 Å². The molecule has 2 N–H and O–H groups in total. The van der Waals surface area contributed by atoms with Gasteiger partial charge in [0, 0.05) is 16.6 Å². The Balaban J connectivity index is 1.79. The van der Waals surface area contributed by atoms with Gasteiger partial charge in [-0.1, -0.05) is 48.2 Å². The molecule has 0 aliphatic carbocycles. The van der Waals surface area contributed by atoms with Crippen LogP contribution in [0.1, 0.15) is 0 Å². The zero-order valence-corrected chi connectivity index (χ0v) is 19.3. The summed E-state index contributed by atoms with van der Waals surface area (Å²) in [5, 5.41) is 20.7. The minimum atomic E-state index is -0.788. The Hall–Kier alpha value is -4.43. The molecule has 2 aromatic heterocycles. The first-order chi connectivity index (χ1) is 17.0. The van der Waals surface area contributed by atoms with Gasteiger partial charge in [0.25, 0.3) is 5.56 Å². The van der Waals surface area contributed by atoms with Gasteiger partial charge >= 0.3 is 5.63 Å². The van der Waals surface area contributed by atoms with E-state index >= 15 is 0 Å². The van der Waals surface area contributed by atoms with Crippen molar-refractivity contribution in [2.45, 2.75) is 9.79 Å². The summed E-state index contributed by atoms with van der Waals surface area (Å²) >= 11 is 0.905. The maximum absolute atomic E-state index is 13.8. The third-order valence-corrected chi connectivity index (χ3v) is 6.50. The van der Waals surface area contributed by atoms with Crippen LogP contribution in [0.15, 0.2) is 109 Å². The Bertz CT molecular complexity index is 1660. The Morgan fingerprint density at radius 2 is 1.63 bits per heavy atom. The molecular weight excluding hydrogens is 466 g/mol. The van der Waals surface area contributed by atoms with E-state index in [0.717, 1.165) is 17.3 Å². The number of phenols is 1. The molecule has 0 saturated carbocycles. The number of ether oxygens (including phenoxy) is 1. The first kappa shape index (κ1) is 22.4. The standard InChI is InChI=1S/C27H19NO6S/c1-33-19-12-10-17(11-13-19)28-21(16-6-3-2-4-7-16)15-22-23(26(28)31)24(30)25(27(32)34-22)35-20-9-5-8-18(29)14-20/h2-15,29-30H,1H3. The number of phenolic OH excluding ortho intramolecular Hbond substituents is 1. The van der Waals surface area contributed by atoms with Gasteiger partial charge in [0.15, 0.2) is 5.75 Å². The quantitative estimate of drug-likeness (QED) is 0.354. The number of hydrogen-bond acceptors (Lipinski definition) is 7. The molecule has 0 bridgehead atoms. The van der Waals surface area contributed by atoms with Crippen molar-refractivity contribution >= 4 is 22.7 Å². The van der Waals surface area contributed by atoms with Crippen molar-refractivity contribution in [2.75, 3.05) is 7.11 Å². The molecule has 174 valence electrons. The summed E-state index contributed by atoms with van der Waals surface area (Å²) in [6.07, 6.45) is 0. The van der Waals surface area contributed by atoms with Gasteiger partial charge in [-0.25, -0.2) is 4.79 Å². The topological polar surface area (TPSA) is 102 Å². The maximum atomic E-state index is 13.8. The third-order valence-electron chi connectivity index (χ3n) is 5.45. The lowest BCUT2D eigenvalue weighted by Gasteiger charge is -2.16. The van der Waals surface area contributed by atoms with E-state index < -0.39 is 16.9 Å². The van der Waals surface area contributed by atoms with Gasteiger partial charge < -0.3 is 19.4 Å². The average molecular weight is 486 g/mol. The summed E-state index contributed by atoms with van der Waals surface area (Å²) in [7, 11) is 1.55. The van der Waals surface area contributed by atoms with Gasteiger partial charge in [-0.3, -0.25) is 9.36 Å². The molecule has 7 nitrogen and oxygen atoms in total. The second-order valence-corrected chi connectivity index (χ2v) is 8.72. The highest BCUT2D eigenvalue weighted by atomic mass is 32.2. The van der Waals surface area contributed by atoms with Gasteiger partial charge in [0.2, 0.25) is 0 Å². The fourth-order valence-corrected chi connectivity index (χ4v) is 4.69. The second kappa shape index (κ2) is 9.08. The minimum Gasteiger partial charge on any atom is -0.508 e. The summed E-state index contributed by atoms with van der Waals surface area (Å²) in [5.74, 6) is 0.160. The summed E-state index contributed by atoms with van der Waals surface area (Å²) in [4.78, 5) is 27.0. The Morgan fingerprint density at radius 3 is 2.31 bits per heavy atom. The largest absolute Gasteiger partial charge is 0.508 e. The van der Waals surface area contributed by atoms with Crippen LogP contribution in [0.3, 0.4) is 0 Å². The molecule has 0 fully saturated rings. The van der Waals surface area contributed by atoms with E-state index in [2.05, 4.69) is 0 Å². The SMILES string of the molecule is COc1ccc(-n2c(-c3ccccc3)cc3oc(=O)c(Sc4cccc(O)c4)c(O)c3c2=O)cc1. The van der Waals surface area contributed by atoms with Crippen LogP contribution in [0.2, 0.25) is 0 Å². The molecule has 0 aliphatic rings. The molecule has 5 rings (SSSR count). The molecule has 0 radical (unpaired) electrons. The molecule has 35 heavy (non-hydrogen) atoms. The van der Waals surface area contributed by atoms with Crippen molar-refractivity contribution in [2.24, 2.45) is 0 Å². The fraction of sp³-hybridized carbons (Fsp3) is 0.0370. The van der Waals surface area contributed by atoms with Crippen molar-refractivity contribution in [1.29, 1.82) is 0 Å². The summed E-state index contributed by atoms with van der Waals surface area (Å²) in [5.41, 5.74) is 0.395. The maximum Gasteiger partial charge on any atom is 0.354 e. The Labute approximate surface area is 203 Å². The highest BCUT2D eigenvalue weighted by Gasteiger charge is 2.22. The number of pyridine rings is 1. The van der Waals surface area contributed by atoms with Crippen molar-refractivity contribution in [3.63, 3.8) is 0 Å². The van der Waals surface area contributed by atoms with Crippen LogP contribution in [0.4, 0.5) is 0 Å². The van der Waals surface area contributed by atoms with E-state index in [4.69, 9.17) is 9.15 Å². The zero-order valence-electron chi connectivity index (χ0n) is 18.5. The molecule has 0 saturated heterocycles. The first-order valence-electron chi connectivity index (χ1n) is 10.6. The van der Waals surface area contributed by atoms with Crippen molar-refractivity contribution < 1.29 is 19.4 Å². The molecule has 8 heteroatoms. The molecule has 2 heterocycles. The highest BCUT2D eigenvalue weighted by molar-refractivity contribution is 7.99. The number of benzene rings is 3. The van der Waals surface area contributed by atoms with Crippen LogP contribution < -0.4 is 15.9 Å². The predicted octanol–water partition coefficient (Wildman–Crippen LogP) is 5.18. The van der Waals surface area contributed by atoms with Gasteiger partial charge in [-0.15, -0.1) is 0 Å². The van der Waals surface area contributed by atoms with Gasteiger partial charge in [0.05, 0.1) is 12.8 Å². The van der Waals surface area contributed by atoms with Crippen LogP contribution in [0.5, 0.6) is 17.2 Å². The number of fused-ring (bicyclic) bond motifs is 1. The number of nitrogens with zero attached hydrogens (tertiary/aromatic N) is 1. The second-order valence-electron chi connectivity index (χ2n) is 7.64. The van der Waals surface area contributed by atoms with E-state index in [1.807, 2.05) is 30.3 Å². The molecule has 0 aliphatic heterocycles. The van der Waals surface area contributed by atoms with Crippen molar-refractivity contribution in [3.05, 3.63) is 106 Å². The van der Waals surface area contributed by atoms with E-state index in [1.165, 1.54) is 16.7 Å². The Morgan fingerprint density at radius 1 is 0.886 bits per heavy atom. The zero-order chi connectivity index (χ0) is 24.5. The number of rotatable bonds is 5. The molecule has 0 unspecified atom stereocenters. The third kappa shape index (κ3) is 4.15. The smallest absolute Gasteiger partial charge is 0.354 e. The fourth-order valence-electron chi connectivity index (χ4n) is 3.81. The highest BCUT2D eigenvalue weighted by Crippen LogP contribution is 2.37. The van der Waals surface area contributed by atoms with Crippen molar-refractivity contribution in [3.8, 4) is 34.2 Å². The number of aromatic nitrogens is 1. The lowest BCUT2D eigenvalue weighted by molar-refractivity contribution is 0.414. The number of aromatic hydroxyl groups is 2. The Kier molecular flexibility index (Phi) is 5.80. The monoisotopic (exact) mass is 485 g/mol. The summed E-state index contributed by atoms with van der Waals surface area (Å²) in [6, 6.07) is 23.9. The van der Waals surface area contributed by atoms with Crippen LogP contribution in [0, 0.1) is 0 Å². The molecule has 0 spiro atoms. The minimum absolute atomic E-state index is 0.00836. The lowest BCUT2D eigenvalue weighted by Crippen LogP contribution is -2.21. The van der Waals surface area contributed by atoms with Gasteiger partial charge in [-0.05, 0) is 48.0 Å². The number of methoxy groups -OCH3 is 1. The number of hydrogen-bond donors (Lipinski definition) is 2.